The van der Waals surface area contributed by atoms with Crippen LogP contribution in [0.5, 0.6) is 0 Å². The summed E-state index contributed by atoms with van der Waals surface area (Å²) in [4.78, 5) is 16.3. The molecule has 0 spiro atoms. The number of carbonyl (C=O) groups is 1. The van der Waals surface area contributed by atoms with Gasteiger partial charge in [-0.15, -0.1) is 0 Å². The quantitative estimate of drug-likeness (QED) is 0.157. The molecule has 1 atom stereocenters. The first-order valence-electron chi connectivity index (χ1n) is 10.2. The Morgan fingerprint density at radius 2 is 1.65 bits per heavy atom. The predicted molar refractivity (Wildman–Crippen MR) is 128 cm³/mol. The number of aromatic nitrogens is 1. The van der Waals surface area contributed by atoms with E-state index in [9.17, 15) is 39.9 Å². The largest absolute Gasteiger partial charge is 0.417 e. The lowest BCUT2D eigenvalue weighted by Crippen LogP contribution is -2.20. The molecule has 1 unspecified atom stereocenters. The van der Waals surface area contributed by atoms with Crippen LogP contribution in [0.4, 0.5) is 40.9 Å². The average Bonchev–Trinajstić information content (AvgIpc) is 2.83. The van der Waals surface area contributed by atoms with Crippen LogP contribution >= 0.6 is 31.9 Å². The Hall–Kier alpha value is -2.80. The van der Waals surface area contributed by atoms with Gasteiger partial charge in [0.05, 0.1) is 21.1 Å². The summed E-state index contributed by atoms with van der Waals surface area (Å²) in [5, 5.41) is 2.56. The highest BCUT2D eigenvalue weighted by Gasteiger charge is 2.41. The first-order chi connectivity index (χ1) is 17.2. The summed E-state index contributed by atoms with van der Waals surface area (Å²) in [6, 6.07) is 7.98. The van der Waals surface area contributed by atoms with Gasteiger partial charge in [0.2, 0.25) is 0 Å². The van der Waals surface area contributed by atoms with E-state index in [2.05, 4.69) is 42.2 Å². The molecule has 3 rings (SSSR count). The van der Waals surface area contributed by atoms with Gasteiger partial charge in [-0.2, -0.15) is 26.3 Å². The van der Waals surface area contributed by atoms with Crippen LogP contribution in [0.15, 0.2) is 69.7 Å². The number of carbonyl (C=O) groups excluding carboxylic acids is 1. The molecule has 1 N–H and O–H groups in total. The maximum Gasteiger partial charge on any atom is 0.417 e. The molecule has 13 heteroatoms. The second-order valence-electron chi connectivity index (χ2n) is 7.58. The summed E-state index contributed by atoms with van der Waals surface area (Å²) < 4.78 is 110. The molecule has 1 heterocycles. The molecule has 0 aliphatic heterocycles. The highest BCUT2D eigenvalue weighted by Crippen LogP contribution is 2.41. The Morgan fingerprint density at radius 3 is 2.19 bits per heavy atom. The molecule has 2 aromatic carbocycles. The number of hydrogen-bond donors (Lipinski definition) is 1. The van der Waals surface area contributed by atoms with Crippen molar-refractivity contribution in [2.24, 2.45) is 0 Å². The molecule has 0 amide bonds. The molecule has 0 bridgehead atoms. The van der Waals surface area contributed by atoms with Crippen molar-refractivity contribution in [3.8, 4) is 0 Å². The molecular weight excluding hydrogens is 644 g/mol. The molecule has 0 aliphatic carbocycles. The second kappa shape index (κ2) is 11.3. The van der Waals surface area contributed by atoms with Crippen LogP contribution in [0.3, 0.4) is 0 Å². The lowest BCUT2D eigenvalue weighted by molar-refractivity contribution is -0.140. The van der Waals surface area contributed by atoms with E-state index in [1.165, 1.54) is 12.3 Å². The standard InChI is InChI=1S/C24H14Br2F8N2O/c25-17-8-13(9-18(26)22(17)28)15(23(29,30)31)10-19(27)12-4-5-14(16(7-12)24(32,33)34)20(37)11-36-21-3-1-2-6-35-21/h1-10,15H,11H2,(H,35,36)/b19-10-. The Bertz CT molecular complexity index is 1300. The first kappa shape index (κ1) is 28.8. The van der Waals surface area contributed by atoms with Gasteiger partial charge in [-0.3, -0.25) is 4.79 Å². The molecule has 0 saturated heterocycles. The van der Waals surface area contributed by atoms with Crippen LogP contribution in [0.25, 0.3) is 5.83 Å². The van der Waals surface area contributed by atoms with Gasteiger partial charge < -0.3 is 5.32 Å². The average molecular weight is 658 g/mol. The Labute approximate surface area is 221 Å². The summed E-state index contributed by atoms with van der Waals surface area (Å²) >= 11 is 5.54. The molecule has 0 fully saturated rings. The van der Waals surface area contributed by atoms with Crippen LogP contribution in [0, 0.1) is 5.82 Å². The second-order valence-corrected chi connectivity index (χ2v) is 9.29. The third-order valence-corrected chi connectivity index (χ3v) is 6.18. The van der Waals surface area contributed by atoms with Crippen molar-refractivity contribution in [1.82, 2.24) is 4.98 Å². The topological polar surface area (TPSA) is 42.0 Å². The minimum atomic E-state index is -5.11. The van der Waals surface area contributed by atoms with Gasteiger partial charge in [-0.25, -0.2) is 13.8 Å². The number of allylic oxidation sites excluding steroid dienone is 1. The Balaban J connectivity index is 1.99. The van der Waals surface area contributed by atoms with Crippen LogP contribution < -0.4 is 5.32 Å². The van der Waals surface area contributed by atoms with E-state index in [0.29, 0.717) is 6.07 Å². The summed E-state index contributed by atoms with van der Waals surface area (Å²) in [5.74, 6) is -5.88. The first-order valence-corrected chi connectivity index (χ1v) is 11.7. The fraction of sp³-hybridized carbons (Fsp3) is 0.167. The molecule has 1 aromatic heterocycles. The third-order valence-electron chi connectivity index (χ3n) is 5.03. The number of alkyl halides is 6. The number of nitrogens with zero attached hydrogens (tertiary/aromatic N) is 1. The van der Waals surface area contributed by atoms with Gasteiger partial charge in [0.15, 0.2) is 11.6 Å². The molecule has 37 heavy (non-hydrogen) atoms. The molecule has 3 aromatic rings. The molecule has 3 nitrogen and oxygen atoms in total. The van der Waals surface area contributed by atoms with Crippen LogP contribution in [-0.4, -0.2) is 23.5 Å². The number of Topliss-reactive ketones (excluding diaryl/α,β-unsaturated/α-hetero) is 1. The fourth-order valence-electron chi connectivity index (χ4n) is 3.28. The Morgan fingerprint density at radius 1 is 1.00 bits per heavy atom. The summed E-state index contributed by atoms with van der Waals surface area (Å²) in [7, 11) is 0. The van der Waals surface area contributed by atoms with E-state index in [1.54, 1.807) is 12.1 Å². The SMILES string of the molecule is O=C(CNc1ccccn1)c1ccc(/C(F)=C/C(c2cc(Br)c(F)c(Br)c2)C(F)(F)F)cc1C(F)(F)F. The van der Waals surface area contributed by atoms with Crippen molar-refractivity contribution in [3.05, 3.63) is 97.8 Å². The molecular formula is C24H14Br2F8N2O. The fourth-order valence-corrected chi connectivity index (χ4v) is 4.50. The highest BCUT2D eigenvalue weighted by molar-refractivity contribution is 9.11. The van der Waals surface area contributed by atoms with Gasteiger partial charge in [-0.1, -0.05) is 18.2 Å². The monoisotopic (exact) mass is 656 g/mol. The summed E-state index contributed by atoms with van der Waals surface area (Å²) in [6.45, 7) is -0.567. The van der Waals surface area contributed by atoms with Crippen LogP contribution in [0.2, 0.25) is 0 Å². The van der Waals surface area contributed by atoms with E-state index in [4.69, 9.17) is 0 Å². The van der Waals surface area contributed by atoms with Crippen molar-refractivity contribution in [2.75, 3.05) is 11.9 Å². The number of anilines is 1. The molecule has 0 aliphatic rings. The van der Waals surface area contributed by atoms with Crippen LogP contribution in [0.1, 0.15) is 33.0 Å². The van der Waals surface area contributed by atoms with Crippen molar-refractivity contribution in [1.29, 1.82) is 0 Å². The number of hydrogen-bond acceptors (Lipinski definition) is 3. The third kappa shape index (κ3) is 7.16. The van der Waals surface area contributed by atoms with E-state index in [0.717, 1.165) is 18.2 Å². The van der Waals surface area contributed by atoms with Crippen molar-refractivity contribution in [3.63, 3.8) is 0 Å². The summed E-state index contributed by atoms with van der Waals surface area (Å²) in [5.41, 5.74) is -3.70. The maximum absolute atomic E-state index is 14.9. The Kier molecular flexibility index (Phi) is 8.78. The number of benzene rings is 2. The zero-order valence-electron chi connectivity index (χ0n) is 18.2. The van der Waals surface area contributed by atoms with E-state index < -0.39 is 64.5 Å². The number of pyridine rings is 1. The molecule has 0 saturated carbocycles. The maximum atomic E-state index is 14.9. The van der Waals surface area contributed by atoms with E-state index >= 15 is 0 Å². The molecule has 0 radical (unpaired) electrons. The van der Waals surface area contributed by atoms with Gasteiger partial charge in [0.1, 0.15) is 17.6 Å². The lowest BCUT2D eigenvalue weighted by Gasteiger charge is -2.19. The zero-order valence-corrected chi connectivity index (χ0v) is 21.4. The van der Waals surface area contributed by atoms with Gasteiger partial charge in [0.25, 0.3) is 0 Å². The smallest absolute Gasteiger partial charge is 0.363 e. The number of halogens is 10. The number of rotatable bonds is 7. The predicted octanol–water partition coefficient (Wildman–Crippen LogP) is 8.72. The van der Waals surface area contributed by atoms with Crippen LogP contribution in [-0.2, 0) is 6.18 Å². The van der Waals surface area contributed by atoms with Gasteiger partial charge in [-0.05, 0) is 73.8 Å². The normalized spacial score (nSPS) is 13.4. The minimum Gasteiger partial charge on any atom is -0.363 e. The summed E-state index contributed by atoms with van der Waals surface area (Å²) in [6.07, 6.45) is -8.68. The van der Waals surface area contributed by atoms with E-state index in [1.807, 2.05) is 0 Å². The zero-order chi connectivity index (χ0) is 27.5. The van der Waals surface area contributed by atoms with Crippen molar-refractivity contribution >= 4 is 49.3 Å². The number of ketones is 1. The molecule has 196 valence electrons. The van der Waals surface area contributed by atoms with Gasteiger partial charge >= 0.3 is 12.4 Å². The minimum absolute atomic E-state index is 0.0890. The highest BCUT2D eigenvalue weighted by atomic mass is 79.9. The van der Waals surface area contributed by atoms with Crippen molar-refractivity contribution in [2.45, 2.75) is 18.3 Å². The lowest BCUT2D eigenvalue weighted by atomic mass is 9.95. The number of nitrogens with one attached hydrogen (secondary N) is 1. The van der Waals surface area contributed by atoms with E-state index in [-0.39, 0.29) is 26.9 Å². The van der Waals surface area contributed by atoms with Crippen molar-refractivity contribution < 1.29 is 39.9 Å². The van der Waals surface area contributed by atoms with Gasteiger partial charge in [0, 0.05) is 17.3 Å².